The van der Waals surface area contributed by atoms with Crippen molar-refractivity contribution < 1.29 is 14.3 Å². The quantitative estimate of drug-likeness (QED) is 0.806. The lowest BCUT2D eigenvalue weighted by Gasteiger charge is -2.34. The number of nitrogens with zero attached hydrogens (tertiary/aromatic N) is 1. The van der Waals surface area contributed by atoms with Crippen molar-refractivity contribution in [1.82, 2.24) is 9.88 Å². The molecule has 2 aromatic rings. The van der Waals surface area contributed by atoms with Crippen LogP contribution < -0.4 is 4.74 Å². The van der Waals surface area contributed by atoms with Crippen LogP contribution in [0, 0.1) is 0 Å². The van der Waals surface area contributed by atoms with Crippen LogP contribution in [0.2, 0.25) is 5.02 Å². The summed E-state index contributed by atoms with van der Waals surface area (Å²) in [5.74, 6) is 0.310. The highest BCUT2D eigenvalue weighted by molar-refractivity contribution is 6.32. The van der Waals surface area contributed by atoms with Crippen LogP contribution in [0.1, 0.15) is 44.1 Å². The van der Waals surface area contributed by atoms with Gasteiger partial charge in [0.25, 0.3) is 0 Å². The summed E-state index contributed by atoms with van der Waals surface area (Å²) in [4.78, 5) is 17.4. The van der Waals surface area contributed by atoms with Crippen LogP contribution >= 0.6 is 11.6 Å². The van der Waals surface area contributed by atoms with Crippen LogP contribution in [-0.2, 0) is 4.74 Å². The number of likely N-dealkylation sites (tertiary alicyclic amines) is 1. The molecule has 136 valence electrons. The zero-order chi connectivity index (χ0) is 18.0. The fourth-order valence-corrected chi connectivity index (χ4v) is 3.44. The van der Waals surface area contributed by atoms with Gasteiger partial charge in [0, 0.05) is 30.0 Å². The Morgan fingerprint density at radius 3 is 2.68 bits per heavy atom. The van der Waals surface area contributed by atoms with Crippen molar-refractivity contribution in [1.29, 1.82) is 0 Å². The minimum absolute atomic E-state index is 0.174. The first-order valence-electron chi connectivity index (χ1n) is 8.88. The van der Waals surface area contributed by atoms with Gasteiger partial charge in [-0.2, -0.15) is 0 Å². The van der Waals surface area contributed by atoms with E-state index < -0.39 is 0 Å². The summed E-state index contributed by atoms with van der Waals surface area (Å²) in [5, 5.41) is 1.44. The molecule has 1 N–H and O–H groups in total. The predicted molar refractivity (Wildman–Crippen MR) is 99.6 cm³/mol. The third-order valence-electron chi connectivity index (χ3n) is 4.67. The number of rotatable bonds is 5. The molecule has 5 nitrogen and oxygen atoms in total. The van der Waals surface area contributed by atoms with Gasteiger partial charge in [0.05, 0.1) is 11.6 Å². The summed E-state index contributed by atoms with van der Waals surface area (Å²) < 4.78 is 11.2. The van der Waals surface area contributed by atoms with Crippen molar-refractivity contribution in [2.75, 3.05) is 19.7 Å². The third-order valence-corrected chi connectivity index (χ3v) is 4.96. The summed E-state index contributed by atoms with van der Waals surface area (Å²) >= 11 is 6.38. The van der Waals surface area contributed by atoms with Crippen molar-refractivity contribution in [3.8, 4) is 5.75 Å². The number of carbonyl (C=O) groups is 1. The lowest BCUT2D eigenvalue weighted by molar-refractivity contribution is 0.0520. The van der Waals surface area contributed by atoms with Crippen molar-refractivity contribution in [3.63, 3.8) is 0 Å². The second-order valence-corrected chi connectivity index (χ2v) is 7.13. The van der Waals surface area contributed by atoms with E-state index in [1.807, 2.05) is 6.07 Å². The van der Waals surface area contributed by atoms with E-state index >= 15 is 0 Å². The fourth-order valence-electron chi connectivity index (χ4n) is 3.23. The molecule has 1 saturated heterocycles. The van der Waals surface area contributed by atoms with Crippen LogP contribution in [-0.4, -0.2) is 47.7 Å². The molecule has 1 aliphatic heterocycles. The number of carbonyl (C=O) groups excluding carboxylic acids is 1. The first-order chi connectivity index (χ1) is 12.0. The van der Waals surface area contributed by atoms with Crippen LogP contribution in [0.5, 0.6) is 5.75 Å². The summed E-state index contributed by atoms with van der Waals surface area (Å²) in [6, 6.07) is 6.05. The van der Waals surface area contributed by atoms with Crippen LogP contribution in [0.3, 0.4) is 0 Å². The number of H-pyrrole nitrogens is 1. The van der Waals surface area contributed by atoms with Gasteiger partial charge in [-0.1, -0.05) is 11.6 Å². The van der Waals surface area contributed by atoms with E-state index in [1.54, 1.807) is 19.1 Å². The first-order valence-corrected chi connectivity index (χ1v) is 9.25. The number of piperidine rings is 1. The molecular weight excluding hydrogens is 340 g/mol. The average molecular weight is 365 g/mol. The average Bonchev–Trinajstić information content (AvgIpc) is 2.99. The van der Waals surface area contributed by atoms with Gasteiger partial charge in [-0.05, 0) is 51.8 Å². The highest BCUT2D eigenvalue weighted by atomic mass is 35.5. The molecule has 0 saturated carbocycles. The molecule has 3 rings (SSSR count). The maximum Gasteiger partial charge on any atom is 0.354 e. The van der Waals surface area contributed by atoms with Crippen molar-refractivity contribution in [2.45, 2.75) is 45.8 Å². The van der Waals surface area contributed by atoms with E-state index in [0.717, 1.165) is 36.8 Å². The Labute approximate surface area is 153 Å². The minimum Gasteiger partial charge on any atom is -0.489 e. The topological polar surface area (TPSA) is 54.6 Å². The maximum absolute atomic E-state index is 11.9. The number of esters is 1. The zero-order valence-corrected chi connectivity index (χ0v) is 15.7. The highest BCUT2D eigenvalue weighted by Crippen LogP contribution is 2.32. The number of ether oxygens (including phenoxy) is 2. The summed E-state index contributed by atoms with van der Waals surface area (Å²) in [7, 11) is 0. The number of hydrogen-bond donors (Lipinski definition) is 1. The number of benzene rings is 1. The van der Waals surface area contributed by atoms with Gasteiger partial charge < -0.3 is 19.4 Å². The van der Waals surface area contributed by atoms with Gasteiger partial charge in [-0.25, -0.2) is 4.79 Å². The monoisotopic (exact) mass is 364 g/mol. The molecule has 25 heavy (non-hydrogen) atoms. The largest absolute Gasteiger partial charge is 0.489 e. The van der Waals surface area contributed by atoms with Gasteiger partial charge >= 0.3 is 5.97 Å². The van der Waals surface area contributed by atoms with E-state index in [0.29, 0.717) is 29.1 Å². The Bertz CT molecular complexity index is 748. The van der Waals surface area contributed by atoms with Crippen molar-refractivity contribution >= 4 is 28.5 Å². The molecule has 0 bridgehead atoms. The lowest BCUT2D eigenvalue weighted by Crippen LogP contribution is -2.41. The molecule has 1 aromatic carbocycles. The van der Waals surface area contributed by atoms with E-state index in [9.17, 15) is 4.79 Å². The van der Waals surface area contributed by atoms with E-state index in [4.69, 9.17) is 21.1 Å². The van der Waals surface area contributed by atoms with Gasteiger partial charge in [0.2, 0.25) is 0 Å². The summed E-state index contributed by atoms with van der Waals surface area (Å²) in [5.41, 5.74) is 1.23. The molecule has 0 aliphatic carbocycles. The Morgan fingerprint density at radius 2 is 2.04 bits per heavy atom. The number of fused-ring (bicyclic) bond motifs is 1. The number of hydrogen-bond acceptors (Lipinski definition) is 4. The maximum atomic E-state index is 11.9. The predicted octanol–water partition coefficient (Wildman–Crippen LogP) is 4.25. The number of nitrogens with one attached hydrogen (secondary N) is 1. The van der Waals surface area contributed by atoms with E-state index in [2.05, 4.69) is 23.7 Å². The van der Waals surface area contributed by atoms with E-state index in [1.165, 1.54) is 0 Å². The molecule has 2 heterocycles. The molecule has 0 radical (unpaired) electrons. The Kier molecular flexibility index (Phi) is 5.54. The summed E-state index contributed by atoms with van der Waals surface area (Å²) in [6.45, 7) is 8.66. The number of aromatic nitrogens is 1. The second-order valence-electron chi connectivity index (χ2n) is 6.72. The molecule has 0 atom stereocenters. The standard InChI is InChI=1S/C19H25ClN2O3/c1-4-24-19(23)17-9-13-10-18(15(20)11-16(13)21-17)25-14-5-7-22(8-6-14)12(2)3/h9-12,14,21H,4-8H2,1-3H3. The Balaban J connectivity index is 1.74. The number of aromatic amines is 1. The van der Waals surface area contributed by atoms with Crippen LogP contribution in [0.4, 0.5) is 0 Å². The summed E-state index contributed by atoms with van der Waals surface area (Å²) in [6.07, 6.45) is 2.16. The molecule has 0 amide bonds. The molecule has 1 aromatic heterocycles. The van der Waals surface area contributed by atoms with Crippen LogP contribution in [0.15, 0.2) is 18.2 Å². The van der Waals surface area contributed by atoms with Gasteiger partial charge in [-0.3, -0.25) is 0 Å². The highest BCUT2D eigenvalue weighted by Gasteiger charge is 2.23. The fraction of sp³-hybridized carbons (Fsp3) is 0.526. The molecular formula is C19H25ClN2O3. The lowest BCUT2D eigenvalue weighted by atomic mass is 10.1. The van der Waals surface area contributed by atoms with Gasteiger partial charge in [-0.15, -0.1) is 0 Å². The second kappa shape index (κ2) is 7.67. The minimum atomic E-state index is -0.363. The SMILES string of the molecule is CCOC(=O)c1cc2cc(OC3CCN(C(C)C)CC3)c(Cl)cc2[nH]1. The number of halogens is 1. The molecule has 0 unspecified atom stereocenters. The first kappa shape index (κ1) is 18.1. The smallest absolute Gasteiger partial charge is 0.354 e. The van der Waals surface area contributed by atoms with Gasteiger partial charge in [0.15, 0.2) is 0 Å². The van der Waals surface area contributed by atoms with E-state index in [-0.39, 0.29) is 12.1 Å². The van der Waals surface area contributed by atoms with Crippen molar-refractivity contribution in [2.24, 2.45) is 0 Å². The molecule has 1 aliphatic rings. The normalized spacial score (nSPS) is 16.5. The Hall–Kier alpha value is -1.72. The molecule has 1 fully saturated rings. The van der Waals surface area contributed by atoms with Crippen molar-refractivity contribution in [3.05, 3.63) is 28.9 Å². The Morgan fingerprint density at radius 1 is 1.32 bits per heavy atom. The van der Waals surface area contributed by atoms with Crippen LogP contribution in [0.25, 0.3) is 10.9 Å². The van der Waals surface area contributed by atoms with Gasteiger partial charge in [0.1, 0.15) is 17.5 Å². The molecule has 6 heteroatoms. The molecule has 0 spiro atoms. The zero-order valence-electron chi connectivity index (χ0n) is 15.0. The third kappa shape index (κ3) is 4.10.